The van der Waals surface area contributed by atoms with Gasteiger partial charge in [-0.3, -0.25) is 4.90 Å². The van der Waals surface area contributed by atoms with Gasteiger partial charge in [0.1, 0.15) is 6.07 Å². The zero-order valence-corrected chi connectivity index (χ0v) is 22.6. The molecule has 0 unspecified atom stereocenters. The molecule has 0 amide bonds. The minimum atomic E-state index is -3.14. The van der Waals surface area contributed by atoms with E-state index >= 15 is 0 Å². The number of anilines is 3. The summed E-state index contributed by atoms with van der Waals surface area (Å²) in [6, 6.07) is 8.02. The Morgan fingerprint density at radius 3 is 2.55 bits per heavy atom. The molecule has 2 aliphatic heterocycles. The number of halogens is 1. The molecular formula is C24H27ClN10O2S. The standard InChI is InChI=1S/C24H27ClN10O2S/c1-3-28-22-23-29-12-17(11-27)35(23)32-24(31-22)30-20-9-15(10-26)8-19(21(20)25)16-4-6-33(7-5-16)18-13-34(14-18)38(2,36)37/h8-9,12,16,18H,3-7,13-14H2,1-2H3,(H2,28,30,31,32). The van der Waals surface area contributed by atoms with Gasteiger partial charge in [-0.05, 0) is 56.5 Å². The van der Waals surface area contributed by atoms with Crippen LogP contribution in [0.25, 0.3) is 5.65 Å². The van der Waals surface area contributed by atoms with Crippen LogP contribution in [0.4, 0.5) is 17.5 Å². The van der Waals surface area contributed by atoms with E-state index in [1.807, 2.05) is 13.0 Å². The molecule has 2 fully saturated rings. The lowest BCUT2D eigenvalue weighted by Crippen LogP contribution is -2.61. The van der Waals surface area contributed by atoms with Crippen molar-refractivity contribution < 1.29 is 8.42 Å². The maximum Gasteiger partial charge on any atom is 0.247 e. The highest BCUT2D eigenvalue weighted by Gasteiger charge is 2.38. The minimum absolute atomic E-state index is 0.151. The topological polar surface area (TPSA) is 155 Å². The van der Waals surface area contributed by atoms with Gasteiger partial charge in [0.05, 0.1) is 34.8 Å². The summed E-state index contributed by atoms with van der Waals surface area (Å²) in [6.07, 6.45) is 4.37. The summed E-state index contributed by atoms with van der Waals surface area (Å²) >= 11 is 6.88. The van der Waals surface area contributed by atoms with Gasteiger partial charge in [0, 0.05) is 25.7 Å². The molecule has 38 heavy (non-hydrogen) atoms. The van der Waals surface area contributed by atoms with Gasteiger partial charge in [-0.15, -0.1) is 5.10 Å². The molecule has 1 aromatic carbocycles. The van der Waals surface area contributed by atoms with Gasteiger partial charge in [-0.25, -0.2) is 13.4 Å². The molecule has 0 saturated carbocycles. The highest BCUT2D eigenvalue weighted by Crippen LogP contribution is 2.39. The van der Waals surface area contributed by atoms with E-state index in [2.05, 4.69) is 42.7 Å². The van der Waals surface area contributed by atoms with E-state index in [0.717, 1.165) is 31.5 Å². The smallest absolute Gasteiger partial charge is 0.247 e. The molecule has 2 N–H and O–H groups in total. The van der Waals surface area contributed by atoms with Crippen LogP contribution in [0.5, 0.6) is 0 Å². The number of nitriles is 2. The van der Waals surface area contributed by atoms with Crippen LogP contribution in [-0.4, -0.2) is 82.2 Å². The van der Waals surface area contributed by atoms with Gasteiger partial charge in [0.2, 0.25) is 16.0 Å². The first kappa shape index (κ1) is 26.1. The molecule has 198 valence electrons. The number of fused-ring (bicyclic) bond motifs is 1. The second kappa shape index (κ2) is 10.3. The Balaban J connectivity index is 1.37. The van der Waals surface area contributed by atoms with Crippen molar-refractivity contribution in [1.82, 2.24) is 28.8 Å². The predicted octanol–water partition coefficient (Wildman–Crippen LogP) is 2.52. The monoisotopic (exact) mass is 554 g/mol. The second-order valence-corrected chi connectivity index (χ2v) is 11.9. The number of aromatic nitrogens is 4. The predicted molar refractivity (Wildman–Crippen MR) is 143 cm³/mol. The Labute approximate surface area is 225 Å². The maximum absolute atomic E-state index is 11.7. The first-order chi connectivity index (χ1) is 18.2. The molecule has 5 rings (SSSR count). The number of sulfonamides is 1. The quantitative estimate of drug-likeness (QED) is 0.445. The van der Waals surface area contributed by atoms with E-state index in [9.17, 15) is 18.9 Å². The van der Waals surface area contributed by atoms with Crippen LogP contribution in [-0.2, 0) is 10.0 Å². The molecule has 0 spiro atoms. The summed E-state index contributed by atoms with van der Waals surface area (Å²) in [5, 5.41) is 30.4. The van der Waals surface area contributed by atoms with Crippen molar-refractivity contribution in [2.75, 3.05) is 49.6 Å². The third-order valence-electron chi connectivity index (χ3n) is 7.08. The molecular weight excluding hydrogens is 528 g/mol. The Bertz CT molecular complexity index is 1560. The largest absolute Gasteiger partial charge is 0.367 e. The van der Waals surface area contributed by atoms with E-state index in [-0.39, 0.29) is 23.6 Å². The fourth-order valence-electron chi connectivity index (χ4n) is 5.01. The summed E-state index contributed by atoms with van der Waals surface area (Å²) in [5.74, 6) is 0.830. The zero-order valence-electron chi connectivity index (χ0n) is 21.0. The number of piperidine rings is 1. The molecule has 2 saturated heterocycles. The first-order valence-corrected chi connectivity index (χ1v) is 14.5. The summed E-state index contributed by atoms with van der Waals surface area (Å²) in [4.78, 5) is 11.1. The lowest BCUT2D eigenvalue weighted by atomic mass is 9.87. The molecule has 0 atom stereocenters. The van der Waals surface area contributed by atoms with Crippen molar-refractivity contribution >= 4 is 44.7 Å². The molecule has 0 bridgehead atoms. The van der Waals surface area contributed by atoms with Crippen LogP contribution < -0.4 is 10.6 Å². The number of rotatable bonds is 7. The van der Waals surface area contributed by atoms with Crippen molar-refractivity contribution in [3.05, 3.63) is 40.2 Å². The number of imidazole rings is 1. The number of benzene rings is 1. The molecule has 14 heteroatoms. The van der Waals surface area contributed by atoms with E-state index in [1.165, 1.54) is 21.3 Å². The molecule has 0 aliphatic carbocycles. The van der Waals surface area contributed by atoms with Gasteiger partial charge in [-0.2, -0.15) is 24.3 Å². The fourth-order valence-corrected chi connectivity index (χ4v) is 6.21. The van der Waals surface area contributed by atoms with E-state index in [1.54, 1.807) is 6.07 Å². The van der Waals surface area contributed by atoms with E-state index in [0.29, 0.717) is 47.4 Å². The summed E-state index contributed by atoms with van der Waals surface area (Å²) in [7, 11) is -3.14. The number of hydrogen-bond acceptors (Lipinski definition) is 10. The average molecular weight is 555 g/mol. The van der Waals surface area contributed by atoms with Gasteiger partial charge < -0.3 is 10.6 Å². The zero-order chi connectivity index (χ0) is 27.0. The molecule has 3 aromatic rings. The lowest BCUT2D eigenvalue weighted by Gasteiger charge is -2.46. The highest BCUT2D eigenvalue weighted by molar-refractivity contribution is 7.88. The Kier molecular flexibility index (Phi) is 7.11. The van der Waals surface area contributed by atoms with Crippen LogP contribution in [0.15, 0.2) is 18.3 Å². The molecule has 2 aliphatic rings. The third-order valence-corrected chi connectivity index (χ3v) is 8.74. The Hall–Kier alpha value is -3.49. The molecule has 2 aromatic heterocycles. The number of hydrogen-bond donors (Lipinski definition) is 2. The third kappa shape index (κ3) is 4.98. The van der Waals surface area contributed by atoms with Gasteiger partial charge in [0.15, 0.2) is 17.2 Å². The highest BCUT2D eigenvalue weighted by atomic mass is 35.5. The van der Waals surface area contributed by atoms with Crippen LogP contribution in [0.1, 0.15) is 42.5 Å². The first-order valence-electron chi connectivity index (χ1n) is 12.3. The SMILES string of the molecule is CCNc1nc(Nc2cc(C#N)cc(C3CCN(C4CN(S(C)(=O)=O)C4)CC3)c2Cl)nn2c(C#N)cnc12. The van der Waals surface area contributed by atoms with Crippen molar-refractivity contribution in [2.24, 2.45) is 0 Å². The molecule has 4 heterocycles. The van der Waals surface area contributed by atoms with E-state index in [4.69, 9.17) is 11.6 Å². The van der Waals surface area contributed by atoms with Crippen LogP contribution in [0.2, 0.25) is 5.02 Å². The van der Waals surface area contributed by atoms with Crippen molar-refractivity contribution in [1.29, 1.82) is 10.5 Å². The Morgan fingerprint density at radius 1 is 1.18 bits per heavy atom. The maximum atomic E-state index is 11.7. The molecule has 12 nitrogen and oxygen atoms in total. The normalized spacial score (nSPS) is 17.6. The summed E-state index contributed by atoms with van der Waals surface area (Å²) in [5.41, 5.74) is 2.55. The van der Waals surface area contributed by atoms with Crippen molar-refractivity contribution in [2.45, 2.75) is 31.7 Å². The Morgan fingerprint density at radius 2 is 1.92 bits per heavy atom. The summed E-state index contributed by atoms with van der Waals surface area (Å²) < 4.78 is 26.3. The van der Waals surface area contributed by atoms with Gasteiger partial charge >= 0.3 is 0 Å². The van der Waals surface area contributed by atoms with Crippen LogP contribution in [0.3, 0.4) is 0 Å². The van der Waals surface area contributed by atoms with Crippen molar-refractivity contribution in [3.8, 4) is 12.1 Å². The number of nitrogens with zero attached hydrogens (tertiary/aromatic N) is 8. The summed E-state index contributed by atoms with van der Waals surface area (Å²) in [6.45, 7) is 5.25. The van der Waals surface area contributed by atoms with Crippen molar-refractivity contribution in [3.63, 3.8) is 0 Å². The minimum Gasteiger partial charge on any atom is -0.367 e. The fraction of sp³-hybridized carbons (Fsp3) is 0.458. The second-order valence-electron chi connectivity index (χ2n) is 9.51. The van der Waals surface area contributed by atoms with Crippen LogP contribution >= 0.6 is 11.6 Å². The van der Waals surface area contributed by atoms with Crippen LogP contribution in [0, 0.1) is 22.7 Å². The molecule has 0 radical (unpaired) electrons. The van der Waals surface area contributed by atoms with Gasteiger partial charge in [-0.1, -0.05) is 11.6 Å². The van der Waals surface area contributed by atoms with Gasteiger partial charge in [0.25, 0.3) is 0 Å². The van der Waals surface area contributed by atoms with E-state index < -0.39 is 10.0 Å². The average Bonchev–Trinajstić information content (AvgIpc) is 3.27. The number of nitrogens with one attached hydrogen (secondary N) is 2. The lowest BCUT2D eigenvalue weighted by molar-refractivity contribution is 0.0668. The number of likely N-dealkylation sites (tertiary alicyclic amines) is 1.